The maximum absolute atomic E-state index is 12.6. The molecular weight excluding hydrogens is 432 g/mol. The molecule has 2 aliphatic rings. The van der Waals surface area contributed by atoms with Crippen LogP contribution in [-0.4, -0.2) is 42.3 Å². The van der Waals surface area contributed by atoms with Crippen molar-refractivity contribution in [3.63, 3.8) is 0 Å². The maximum Gasteiger partial charge on any atom is 0.407 e. The first-order chi connectivity index (χ1) is 16.4. The Labute approximate surface area is 199 Å². The van der Waals surface area contributed by atoms with E-state index in [1.54, 1.807) is 6.92 Å². The normalized spacial score (nSPS) is 20.0. The van der Waals surface area contributed by atoms with Gasteiger partial charge in [0, 0.05) is 24.4 Å². The Morgan fingerprint density at radius 2 is 1.68 bits per heavy atom. The van der Waals surface area contributed by atoms with Crippen LogP contribution in [0.4, 0.5) is 4.79 Å². The summed E-state index contributed by atoms with van der Waals surface area (Å²) in [5.74, 6) is -1.60. The van der Waals surface area contributed by atoms with Crippen molar-refractivity contribution >= 4 is 18.0 Å². The fourth-order valence-electron chi connectivity index (χ4n) is 5.05. The Bertz CT molecular complexity index is 1010. The summed E-state index contributed by atoms with van der Waals surface area (Å²) in [6, 6.07) is 16.3. The van der Waals surface area contributed by atoms with Crippen molar-refractivity contribution in [3.05, 3.63) is 59.7 Å². The number of hydrogen-bond acceptors (Lipinski definition) is 4. The van der Waals surface area contributed by atoms with Crippen LogP contribution < -0.4 is 10.6 Å². The second kappa shape index (κ2) is 10.7. The van der Waals surface area contributed by atoms with Crippen LogP contribution in [0.15, 0.2) is 48.5 Å². The molecule has 0 saturated heterocycles. The molecular formula is C27H32N2O5. The lowest BCUT2D eigenvalue weighted by molar-refractivity contribution is -0.141. The third-order valence-electron chi connectivity index (χ3n) is 7.01. The van der Waals surface area contributed by atoms with Gasteiger partial charge < -0.3 is 20.5 Å². The smallest absolute Gasteiger partial charge is 0.407 e. The summed E-state index contributed by atoms with van der Waals surface area (Å²) in [6.45, 7) is 2.23. The molecule has 0 bridgehead atoms. The molecule has 3 N–H and O–H groups in total. The molecule has 2 aliphatic carbocycles. The highest BCUT2D eigenvalue weighted by molar-refractivity contribution is 5.80. The average molecular weight is 465 g/mol. The van der Waals surface area contributed by atoms with Gasteiger partial charge in [-0.15, -0.1) is 0 Å². The first-order valence-electron chi connectivity index (χ1n) is 12.1. The summed E-state index contributed by atoms with van der Waals surface area (Å²) in [7, 11) is 0. The topological polar surface area (TPSA) is 105 Å². The van der Waals surface area contributed by atoms with Gasteiger partial charge in [0.15, 0.2) is 0 Å². The van der Waals surface area contributed by atoms with Gasteiger partial charge in [-0.3, -0.25) is 9.59 Å². The molecule has 0 heterocycles. The standard InChI is InChI=1S/C27H32N2O5/c1-17(26(31)32)13-14-28-25(30)18-7-6-8-19(15-18)29-27(33)34-16-24-22-11-4-2-9-20(22)21-10-3-5-12-23(21)24/h2-5,9-12,17-19,24H,6-8,13-16H2,1H3,(H,28,30)(H,29,33)(H,31,32)/t17?,18-,19-/m1/s1. The summed E-state index contributed by atoms with van der Waals surface area (Å²) in [4.78, 5) is 36.0. The molecule has 0 aromatic heterocycles. The second-order valence-electron chi connectivity index (χ2n) is 9.35. The monoisotopic (exact) mass is 464 g/mol. The molecule has 0 radical (unpaired) electrons. The lowest BCUT2D eigenvalue weighted by Gasteiger charge is -2.29. The molecule has 7 heteroatoms. The lowest BCUT2D eigenvalue weighted by atomic mass is 9.85. The molecule has 1 fully saturated rings. The predicted molar refractivity (Wildman–Crippen MR) is 128 cm³/mol. The summed E-state index contributed by atoms with van der Waals surface area (Å²) in [6.07, 6.45) is 2.92. The zero-order chi connectivity index (χ0) is 24.1. The molecule has 2 aromatic carbocycles. The van der Waals surface area contributed by atoms with Gasteiger partial charge in [-0.2, -0.15) is 0 Å². The first-order valence-corrected chi connectivity index (χ1v) is 12.1. The molecule has 0 spiro atoms. The SMILES string of the molecule is CC(CCNC(=O)[C@@H]1CCC[C@@H](NC(=O)OCC2c3ccccc3-c3ccccc32)C1)C(=O)O. The highest BCUT2D eigenvalue weighted by Crippen LogP contribution is 2.44. The molecule has 0 aliphatic heterocycles. The molecule has 34 heavy (non-hydrogen) atoms. The van der Waals surface area contributed by atoms with Gasteiger partial charge in [0.25, 0.3) is 0 Å². The Kier molecular flexibility index (Phi) is 7.50. The third-order valence-corrected chi connectivity index (χ3v) is 7.01. The molecule has 4 rings (SSSR count). The number of hydrogen-bond donors (Lipinski definition) is 3. The third kappa shape index (κ3) is 5.41. The van der Waals surface area contributed by atoms with E-state index < -0.39 is 18.0 Å². The van der Waals surface area contributed by atoms with Gasteiger partial charge in [0.1, 0.15) is 6.61 Å². The van der Waals surface area contributed by atoms with Crippen LogP contribution in [0.1, 0.15) is 56.1 Å². The van der Waals surface area contributed by atoms with Gasteiger partial charge in [-0.1, -0.05) is 61.9 Å². The van der Waals surface area contributed by atoms with Gasteiger partial charge in [-0.25, -0.2) is 4.79 Å². The van der Waals surface area contributed by atoms with Crippen molar-refractivity contribution in [3.8, 4) is 11.1 Å². The minimum Gasteiger partial charge on any atom is -0.481 e. The van der Waals surface area contributed by atoms with Crippen molar-refractivity contribution in [2.75, 3.05) is 13.2 Å². The van der Waals surface area contributed by atoms with Gasteiger partial charge in [-0.05, 0) is 47.9 Å². The van der Waals surface area contributed by atoms with E-state index in [4.69, 9.17) is 9.84 Å². The number of carboxylic acids is 1. The number of fused-ring (bicyclic) bond motifs is 3. The molecule has 1 unspecified atom stereocenters. The summed E-state index contributed by atoms with van der Waals surface area (Å²) in [5, 5.41) is 14.8. The van der Waals surface area contributed by atoms with E-state index >= 15 is 0 Å². The zero-order valence-electron chi connectivity index (χ0n) is 19.5. The Hall–Kier alpha value is -3.35. The fourth-order valence-corrected chi connectivity index (χ4v) is 5.05. The van der Waals surface area contributed by atoms with Crippen molar-refractivity contribution in [2.24, 2.45) is 11.8 Å². The van der Waals surface area contributed by atoms with E-state index in [0.29, 0.717) is 19.4 Å². The fraction of sp³-hybridized carbons (Fsp3) is 0.444. The molecule has 1 saturated carbocycles. The van der Waals surface area contributed by atoms with Gasteiger partial charge in [0.05, 0.1) is 5.92 Å². The number of benzene rings is 2. The van der Waals surface area contributed by atoms with E-state index in [9.17, 15) is 14.4 Å². The van der Waals surface area contributed by atoms with E-state index in [2.05, 4.69) is 34.9 Å². The predicted octanol–water partition coefficient (Wildman–Crippen LogP) is 4.31. The largest absolute Gasteiger partial charge is 0.481 e. The maximum atomic E-state index is 12.6. The Morgan fingerprint density at radius 3 is 2.32 bits per heavy atom. The van der Waals surface area contributed by atoms with Crippen molar-refractivity contribution in [2.45, 2.75) is 51.0 Å². The average Bonchev–Trinajstić information content (AvgIpc) is 3.16. The van der Waals surface area contributed by atoms with Crippen molar-refractivity contribution < 1.29 is 24.2 Å². The number of alkyl carbamates (subject to hydrolysis) is 1. The lowest BCUT2D eigenvalue weighted by Crippen LogP contribution is -2.43. The van der Waals surface area contributed by atoms with E-state index in [-0.39, 0.29) is 30.4 Å². The van der Waals surface area contributed by atoms with Crippen molar-refractivity contribution in [1.29, 1.82) is 0 Å². The van der Waals surface area contributed by atoms with Gasteiger partial charge in [0.2, 0.25) is 5.91 Å². The number of carbonyl (C=O) groups is 3. The number of carboxylic acid groups (broad SMARTS) is 1. The molecule has 2 amide bonds. The van der Waals surface area contributed by atoms with Crippen LogP contribution in [0.25, 0.3) is 11.1 Å². The number of ether oxygens (including phenoxy) is 1. The molecule has 2 aromatic rings. The number of rotatable bonds is 8. The summed E-state index contributed by atoms with van der Waals surface area (Å²) < 4.78 is 5.65. The van der Waals surface area contributed by atoms with Crippen LogP contribution in [0, 0.1) is 11.8 Å². The van der Waals surface area contributed by atoms with Crippen LogP contribution in [0.5, 0.6) is 0 Å². The second-order valence-corrected chi connectivity index (χ2v) is 9.35. The Morgan fingerprint density at radius 1 is 1.03 bits per heavy atom. The molecule has 180 valence electrons. The minimum atomic E-state index is -0.862. The van der Waals surface area contributed by atoms with Crippen LogP contribution in [0.2, 0.25) is 0 Å². The number of aliphatic carboxylic acids is 1. The highest BCUT2D eigenvalue weighted by Gasteiger charge is 2.31. The van der Waals surface area contributed by atoms with E-state index in [1.807, 2.05) is 24.3 Å². The quantitative estimate of drug-likeness (QED) is 0.540. The number of carbonyl (C=O) groups excluding carboxylic acids is 2. The zero-order valence-corrected chi connectivity index (χ0v) is 19.5. The minimum absolute atomic E-state index is 0.0104. The van der Waals surface area contributed by atoms with E-state index in [1.165, 1.54) is 22.3 Å². The number of nitrogens with one attached hydrogen (secondary N) is 2. The molecule has 7 nitrogen and oxygen atoms in total. The first kappa shape index (κ1) is 23.8. The summed E-state index contributed by atoms with van der Waals surface area (Å²) >= 11 is 0. The Balaban J connectivity index is 1.27. The number of amides is 2. The van der Waals surface area contributed by atoms with Crippen LogP contribution in [0.3, 0.4) is 0 Å². The van der Waals surface area contributed by atoms with Gasteiger partial charge >= 0.3 is 12.1 Å². The summed E-state index contributed by atoms with van der Waals surface area (Å²) in [5.41, 5.74) is 4.71. The van der Waals surface area contributed by atoms with Crippen LogP contribution >= 0.6 is 0 Å². The van der Waals surface area contributed by atoms with Crippen molar-refractivity contribution in [1.82, 2.24) is 10.6 Å². The molecule has 3 atom stereocenters. The van der Waals surface area contributed by atoms with Crippen LogP contribution in [-0.2, 0) is 14.3 Å². The highest BCUT2D eigenvalue weighted by atomic mass is 16.5. The van der Waals surface area contributed by atoms with E-state index in [0.717, 1.165) is 19.3 Å².